The van der Waals surface area contributed by atoms with Crippen LogP contribution in [0.15, 0.2) is 53.4 Å². The molecule has 1 aromatic rings. The Labute approximate surface area is 190 Å². The number of rotatable bonds is 8. The highest BCUT2D eigenvalue weighted by atomic mass is 32.2. The molecule has 1 aliphatic rings. The first-order valence-electron chi connectivity index (χ1n) is 9.92. The number of carbonyl (C=O) groups excluding carboxylic acids is 1. The van der Waals surface area contributed by atoms with E-state index < -0.39 is 38.9 Å². The van der Waals surface area contributed by atoms with Crippen LogP contribution in [-0.4, -0.2) is 61.7 Å². The lowest BCUT2D eigenvalue weighted by Gasteiger charge is -2.31. The van der Waals surface area contributed by atoms with E-state index in [1.807, 2.05) is 0 Å². The molecule has 1 amide bonds. The molecule has 0 radical (unpaired) electrons. The summed E-state index contributed by atoms with van der Waals surface area (Å²) in [5.41, 5.74) is -1.90. The second-order valence-corrected chi connectivity index (χ2v) is 10.3. The predicted molar refractivity (Wildman–Crippen MR) is 118 cm³/mol. The van der Waals surface area contributed by atoms with Gasteiger partial charge in [0.2, 0.25) is 0 Å². The molecule has 4 N–H and O–H groups in total. The SMILES string of the molecule is CNC1C=C(C(C)(C)O)C(NC(=O)c2cccc(C(F)(F)F)n2)=C/C1=C/NCCS(C)(=O)=O. The highest BCUT2D eigenvalue weighted by molar-refractivity contribution is 7.90. The number of amides is 1. The Morgan fingerprint density at radius 1 is 1.27 bits per heavy atom. The minimum absolute atomic E-state index is 0.0831. The molecule has 182 valence electrons. The van der Waals surface area contributed by atoms with Crippen molar-refractivity contribution in [2.75, 3.05) is 25.6 Å². The van der Waals surface area contributed by atoms with Crippen molar-refractivity contribution in [1.82, 2.24) is 20.9 Å². The third-order valence-corrected chi connectivity index (χ3v) is 5.62. The molecule has 12 heteroatoms. The van der Waals surface area contributed by atoms with Crippen molar-refractivity contribution in [3.8, 4) is 0 Å². The van der Waals surface area contributed by atoms with Crippen molar-refractivity contribution in [2.24, 2.45) is 0 Å². The minimum Gasteiger partial charge on any atom is -0.390 e. The Bertz CT molecular complexity index is 1090. The second kappa shape index (κ2) is 10.1. The number of aromatic nitrogens is 1. The average Bonchev–Trinajstić information content (AvgIpc) is 2.69. The van der Waals surface area contributed by atoms with E-state index in [0.717, 1.165) is 24.5 Å². The van der Waals surface area contributed by atoms with E-state index in [9.17, 15) is 31.5 Å². The van der Waals surface area contributed by atoms with Crippen LogP contribution < -0.4 is 16.0 Å². The number of alkyl halides is 3. The number of aliphatic hydroxyl groups is 1. The third-order valence-electron chi connectivity index (χ3n) is 4.67. The van der Waals surface area contributed by atoms with E-state index in [1.165, 1.54) is 13.8 Å². The summed E-state index contributed by atoms with van der Waals surface area (Å²) >= 11 is 0. The van der Waals surface area contributed by atoms with Gasteiger partial charge in [0.25, 0.3) is 5.91 Å². The van der Waals surface area contributed by atoms with Crippen molar-refractivity contribution in [2.45, 2.75) is 31.7 Å². The van der Waals surface area contributed by atoms with Crippen LogP contribution in [0.4, 0.5) is 13.2 Å². The van der Waals surface area contributed by atoms with Gasteiger partial charge in [-0.05, 0) is 44.7 Å². The van der Waals surface area contributed by atoms with Gasteiger partial charge in [-0.2, -0.15) is 13.2 Å². The van der Waals surface area contributed by atoms with Gasteiger partial charge in [-0.3, -0.25) is 4.79 Å². The zero-order valence-corrected chi connectivity index (χ0v) is 19.4. The molecule has 0 fully saturated rings. The van der Waals surface area contributed by atoms with Crippen LogP contribution in [0.5, 0.6) is 0 Å². The van der Waals surface area contributed by atoms with Gasteiger partial charge >= 0.3 is 6.18 Å². The number of hydrogen-bond donors (Lipinski definition) is 4. The van der Waals surface area contributed by atoms with Gasteiger partial charge in [-0.15, -0.1) is 0 Å². The van der Waals surface area contributed by atoms with Gasteiger partial charge < -0.3 is 21.1 Å². The molecule has 1 aliphatic carbocycles. The summed E-state index contributed by atoms with van der Waals surface area (Å²) in [7, 11) is -1.48. The molecule has 0 bridgehead atoms. The number of likely N-dealkylation sites (N-methyl/N-ethyl adjacent to an activating group) is 1. The van der Waals surface area contributed by atoms with Gasteiger partial charge in [0.05, 0.1) is 17.4 Å². The maximum Gasteiger partial charge on any atom is 0.433 e. The maximum absolute atomic E-state index is 13.0. The summed E-state index contributed by atoms with van der Waals surface area (Å²) in [4.78, 5) is 16.1. The van der Waals surface area contributed by atoms with E-state index in [1.54, 1.807) is 25.4 Å². The first kappa shape index (κ1) is 26.6. The van der Waals surface area contributed by atoms with Gasteiger partial charge in [-0.1, -0.05) is 12.1 Å². The van der Waals surface area contributed by atoms with E-state index in [-0.39, 0.29) is 24.0 Å². The van der Waals surface area contributed by atoms with Crippen LogP contribution in [0.1, 0.15) is 30.0 Å². The number of pyridine rings is 1. The molecule has 33 heavy (non-hydrogen) atoms. The first-order chi connectivity index (χ1) is 15.1. The summed E-state index contributed by atoms with van der Waals surface area (Å²) in [5, 5.41) is 19.1. The molecular weight excluding hydrogens is 461 g/mol. The third kappa shape index (κ3) is 7.69. The Morgan fingerprint density at radius 3 is 2.48 bits per heavy atom. The monoisotopic (exact) mass is 488 g/mol. The lowest BCUT2D eigenvalue weighted by Crippen LogP contribution is -2.38. The summed E-state index contributed by atoms with van der Waals surface area (Å²) in [6.45, 7) is 3.17. The average molecular weight is 489 g/mol. The van der Waals surface area contributed by atoms with Crippen LogP contribution in [0.25, 0.3) is 0 Å². The predicted octanol–water partition coefficient (Wildman–Crippen LogP) is 1.53. The first-order valence-corrected chi connectivity index (χ1v) is 12.0. The van der Waals surface area contributed by atoms with Crippen molar-refractivity contribution < 1.29 is 31.5 Å². The van der Waals surface area contributed by atoms with Crippen molar-refractivity contribution in [3.05, 3.63) is 64.8 Å². The number of carbonyl (C=O) groups is 1. The standard InChI is InChI=1S/C21H27F3N4O4S/c1-20(2,30)14-11-16(25-3)13(12-26-8-9-33(4,31)32)10-17(14)28-19(29)15-6-5-7-18(27-15)21(22,23)24/h5-7,10-12,16,25-26,30H,8-9H2,1-4H3,(H,28,29)/b13-12-. The highest BCUT2D eigenvalue weighted by Gasteiger charge is 2.34. The van der Waals surface area contributed by atoms with Crippen molar-refractivity contribution in [3.63, 3.8) is 0 Å². The molecule has 0 aliphatic heterocycles. The second-order valence-electron chi connectivity index (χ2n) is 8.05. The van der Waals surface area contributed by atoms with Crippen molar-refractivity contribution in [1.29, 1.82) is 0 Å². The van der Waals surface area contributed by atoms with E-state index in [0.29, 0.717) is 11.1 Å². The Hall–Kier alpha value is -2.70. The minimum atomic E-state index is -4.70. The van der Waals surface area contributed by atoms with Crippen LogP contribution in [0.3, 0.4) is 0 Å². The summed E-state index contributed by atoms with van der Waals surface area (Å²) in [6, 6.07) is 2.62. The van der Waals surface area contributed by atoms with Crippen LogP contribution in [-0.2, 0) is 16.0 Å². The smallest absolute Gasteiger partial charge is 0.390 e. The highest BCUT2D eigenvalue weighted by Crippen LogP contribution is 2.30. The van der Waals surface area contributed by atoms with E-state index in [4.69, 9.17) is 0 Å². The van der Waals surface area contributed by atoms with Gasteiger partial charge in [0, 0.05) is 30.3 Å². The Kier molecular flexibility index (Phi) is 8.09. The molecule has 0 aromatic carbocycles. The molecule has 2 rings (SSSR count). The fraction of sp³-hybridized carbons (Fsp3) is 0.429. The molecule has 0 saturated carbocycles. The quantitative estimate of drug-likeness (QED) is 0.410. The molecular formula is C21H27F3N4O4S. The molecule has 0 spiro atoms. The molecule has 1 aromatic heterocycles. The normalized spacial score (nSPS) is 18.5. The number of hydrogen-bond acceptors (Lipinski definition) is 7. The fourth-order valence-electron chi connectivity index (χ4n) is 3.04. The lowest BCUT2D eigenvalue weighted by molar-refractivity contribution is -0.141. The number of nitrogens with one attached hydrogen (secondary N) is 3. The van der Waals surface area contributed by atoms with Crippen LogP contribution >= 0.6 is 0 Å². The van der Waals surface area contributed by atoms with E-state index >= 15 is 0 Å². The summed E-state index contributed by atoms with van der Waals surface area (Å²) in [5.74, 6) is -0.963. The van der Waals surface area contributed by atoms with Gasteiger partial charge in [0.15, 0.2) is 0 Å². The zero-order chi connectivity index (χ0) is 25.0. The van der Waals surface area contributed by atoms with Crippen LogP contribution in [0.2, 0.25) is 0 Å². The van der Waals surface area contributed by atoms with Crippen molar-refractivity contribution >= 4 is 15.7 Å². The molecule has 0 saturated heterocycles. The van der Waals surface area contributed by atoms with Crippen LogP contribution in [0, 0.1) is 0 Å². The Morgan fingerprint density at radius 2 is 1.94 bits per heavy atom. The largest absolute Gasteiger partial charge is 0.433 e. The molecule has 1 atom stereocenters. The molecule has 8 nitrogen and oxygen atoms in total. The number of halogens is 3. The van der Waals surface area contributed by atoms with E-state index in [2.05, 4.69) is 20.9 Å². The molecule has 1 heterocycles. The van der Waals surface area contributed by atoms with Gasteiger partial charge in [-0.25, -0.2) is 13.4 Å². The number of nitrogens with zero attached hydrogens (tertiary/aromatic N) is 1. The zero-order valence-electron chi connectivity index (χ0n) is 18.6. The topological polar surface area (TPSA) is 120 Å². The fourth-order valence-corrected chi connectivity index (χ4v) is 3.53. The Balaban J connectivity index is 2.36. The van der Waals surface area contributed by atoms with Gasteiger partial charge in [0.1, 0.15) is 21.2 Å². The lowest BCUT2D eigenvalue weighted by atomic mass is 9.86. The molecule has 1 unspecified atom stereocenters. The summed E-state index contributed by atoms with van der Waals surface area (Å²) in [6.07, 6.45) is 1.20. The maximum atomic E-state index is 13.0. The number of sulfone groups is 1. The summed E-state index contributed by atoms with van der Waals surface area (Å²) < 4.78 is 61.5.